The van der Waals surface area contributed by atoms with Crippen molar-refractivity contribution in [3.8, 4) is 0 Å². The molecule has 0 aliphatic rings. The summed E-state index contributed by atoms with van der Waals surface area (Å²) in [7, 11) is 0. The summed E-state index contributed by atoms with van der Waals surface area (Å²) in [6.07, 6.45) is 2.24. The smallest absolute Gasteiger partial charge is 0.136 e. The molecule has 1 heterocycles. The van der Waals surface area contributed by atoms with Crippen LogP contribution < -0.4 is 4.72 Å². The molecular weight excluding hydrogens is 328 g/mol. The number of fused-ring (bicyclic) bond motifs is 1. The van der Waals surface area contributed by atoms with Crippen molar-refractivity contribution in [1.82, 2.24) is 9.29 Å². The van der Waals surface area contributed by atoms with Gasteiger partial charge in [0, 0.05) is 35.0 Å². The van der Waals surface area contributed by atoms with Crippen LogP contribution in [0, 0.1) is 5.92 Å². The minimum Gasteiger partial charge on any atom is -0.598 e. The summed E-state index contributed by atoms with van der Waals surface area (Å²) in [4.78, 5) is 0. The van der Waals surface area contributed by atoms with Gasteiger partial charge in [0.1, 0.15) is 4.75 Å². The van der Waals surface area contributed by atoms with E-state index < -0.39 is 11.4 Å². The normalized spacial score (nSPS) is 15.3. The summed E-state index contributed by atoms with van der Waals surface area (Å²) in [6.45, 7) is 18.0. The van der Waals surface area contributed by atoms with Crippen LogP contribution in [0.1, 0.15) is 78.5 Å². The molecule has 0 saturated carbocycles. The lowest BCUT2D eigenvalue weighted by Gasteiger charge is -2.26. The Morgan fingerprint density at radius 1 is 1.12 bits per heavy atom. The van der Waals surface area contributed by atoms with Gasteiger partial charge in [-0.3, -0.25) is 0 Å². The summed E-state index contributed by atoms with van der Waals surface area (Å²) in [5.74, 6) is 1.09. The molecule has 4 heteroatoms. The van der Waals surface area contributed by atoms with E-state index in [-0.39, 0.29) is 10.8 Å². The Bertz CT molecular complexity index is 712. The predicted octanol–water partition coefficient (Wildman–Crippen LogP) is 5.53. The van der Waals surface area contributed by atoms with Crippen molar-refractivity contribution in [3.05, 3.63) is 35.5 Å². The van der Waals surface area contributed by atoms with Crippen LogP contribution in [0.4, 0.5) is 0 Å². The molecule has 0 radical (unpaired) electrons. The Labute approximate surface area is 156 Å². The summed E-state index contributed by atoms with van der Waals surface area (Å²) in [6, 6.07) is 6.82. The third kappa shape index (κ3) is 4.81. The molecule has 0 spiro atoms. The fraction of sp³-hybridized carbons (Fsp3) is 0.619. The highest BCUT2D eigenvalue weighted by Crippen LogP contribution is 2.31. The Kier molecular flexibility index (Phi) is 6.29. The molecule has 0 aliphatic carbocycles. The lowest BCUT2D eigenvalue weighted by Crippen LogP contribution is -2.40. The van der Waals surface area contributed by atoms with E-state index in [1.54, 1.807) is 0 Å². The van der Waals surface area contributed by atoms with E-state index in [1.807, 2.05) is 20.8 Å². The molecule has 2 aromatic rings. The average Bonchev–Trinajstić information content (AvgIpc) is 2.83. The van der Waals surface area contributed by atoms with E-state index >= 15 is 0 Å². The second-order valence-corrected chi connectivity index (χ2v) is 10.8. The lowest BCUT2D eigenvalue weighted by atomic mass is 10.00. The first kappa shape index (κ1) is 20.3. The monoisotopic (exact) mass is 362 g/mol. The predicted molar refractivity (Wildman–Crippen MR) is 110 cm³/mol. The standard InChI is InChI=1S/C21H34N2OS/c1-14(2)12-23-13-19(16(5)22-25(24)21(6,7)8)18-10-9-17(15(3)4)11-20(18)23/h9-11,13-16,22H,12H2,1-8H3/t16-,25?/m1/s1. The summed E-state index contributed by atoms with van der Waals surface area (Å²) in [5.41, 5.74) is 3.87. The topological polar surface area (TPSA) is 40.0 Å². The molecule has 0 saturated heterocycles. The average molecular weight is 363 g/mol. The molecule has 0 aliphatic heterocycles. The minimum atomic E-state index is -1.08. The Balaban J connectivity index is 2.45. The summed E-state index contributed by atoms with van der Waals surface area (Å²) < 4.78 is 17.9. The molecule has 2 rings (SSSR count). The van der Waals surface area contributed by atoms with Crippen molar-refractivity contribution in [2.45, 2.75) is 78.6 Å². The summed E-state index contributed by atoms with van der Waals surface area (Å²) >= 11 is -1.08. The van der Waals surface area contributed by atoms with Gasteiger partial charge in [0.2, 0.25) is 0 Å². The SMILES string of the molecule is CC(C)Cn1cc([C@@H](C)N[S+]([O-])C(C)(C)C)c2ccc(C(C)C)cc21. The van der Waals surface area contributed by atoms with Gasteiger partial charge >= 0.3 is 0 Å². The highest BCUT2D eigenvalue weighted by atomic mass is 32.2. The minimum absolute atomic E-state index is 0.0425. The van der Waals surface area contributed by atoms with Crippen molar-refractivity contribution in [1.29, 1.82) is 0 Å². The second kappa shape index (κ2) is 7.73. The first-order valence-corrected chi connectivity index (χ1v) is 10.5. The number of rotatable bonds is 6. The van der Waals surface area contributed by atoms with Gasteiger partial charge in [-0.25, -0.2) is 0 Å². The van der Waals surface area contributed by atoms with Crippen molar-refractivity contribution in [2.75, 3.05) is 0 Å². The number of nitrogens with zero attached hydrogens (tertiary/aromatic N) is 1. The molecule has 1 aromatic heterocycles. The Morgan fingerprint density at radius 2 is 1.76 bits per heavy atom. The van der Waals surface area contributed by atoms with Gasteiger partial charge in [0.15, 0.2) is 0 Å². The zero-order valence-corrected chi connectivity index (χ0v) is 17.8. The number of benzene rings is 1. The van der Waals surface area contributed by atoms with Gasteiger partial charge in [-0.1, -0.05) is 39.8 Å². The van der Waals surface area contributed by atoms with E-state index in [0.29, 0.717) is 11.8 Å². The Morgan fingerprint density at radius 3 is 2.28 bits per heavy atom. The van der Waals surface area contributed by atoms with E-state index in [4.69, 9.17) is 0 Å². The van der Waals surface area contributed by atoms with Crippen LogP contribution in [-0.2, 0) is 17.9 Å². The van der Waals surface area contributed by atoms with Gasteiger partial charge in [0.25, 0.3) is 0 Å². The highest BCUT2D eigenvalue weighted by Gasteiger charge is 2.29. The molecule has 1 unspecified atom stereocenters. The quantitative estimate of drug-likeness (QED) is 0.686. The van der Waals surface area contributed by atoms with Crippen molar-refractivity contribution in [3.63, 3.8) is 0 Å². The van der Waals surface area contributed by atoms with Crippen LogP contribution in [0.2, 0.25) is 0 Å². The first-order valence-electron chi connectivity index (χ1n) is 9.31. The Hall–Kier alpha value is -0.970. The fourth-order valence-electron chi connectivity index (χ4n) is 2.99. The molecule has 140 valence electrons. The maximum atomic E-state index is 12.5. The van der Waals surface area contributed by atoms with Crippen LogP contribution in [0.25, 0.3) is 10.9 Å². The van der Waals surface area contributed by atoms with Gasteiger partial charge in [0.05, 0.1) is 6.04 Å². The van der Waals surface area contributed by atoms with Crippen LogP contribution in [-0.4, -0.2) is 13.9 Å². The van der Waals surface area contributed by atoms with Gasteiger partial charge < -0.3 is 9.12 Å². The van der Waals surface area contributed by atoms with E-state index in [1.165, 1.54) is 22.0 Å². The van der Waals surface area contributed by atoms with Crippen LogP contribution in [0.5, 0.6) is 0 Å². The van der Waals surface area contributed by atoms with E-state index in [2.05, 4.69) is 68.3 Å². The first-order chi connectivity index (χ1) is 11.5. The van der Waals surface area contributed by atoms with Gasteiger partial charge in [-0.15, -0.1) is 4.72 Å². The van der Waals surface area contributed by atoms with Gasteiger partial charge in [-0.2, -0.15) is 0 Å². The molecule has 3 nitrogen and oxygen atoms in total. The largest absolute Gasteiger partial charge is 0.598 e. The number of hydrogen-bond donors (Lipinski definition) is 1. The molecular formula is C21H34N2OS. The second-order valence-electron chi connectivity index (χ2n) is 8.78. The third-order valence-corrected chi connectivity index (χ3v) is 6.15. The van der Waals surface area contributed by atoms with Crippen LogP contribution in [0.15, 0.2) is 24.4 Å². The number of hydrogen-bond acceptors (Lipinski definition) is 2. The lowest BCUT2D eigenvalue weighted by molar-refractivity contribution is 0.525. The molecule has 0 amide bonds. The van der Waals surface area contributed by atoms with E-state index in [9.17, 15) is 4.55 Å². The zero-order valence-electron chi connectivity index (χ0n) is 17.0. The van der Waals surface area contributed by atoms with Crippen LogP contribution in [0.3, 0.4) is 0 Å². The molecule has 1 aromatic carbocycles. The van der Waals surface area contributed by atoms with Gasteiger partial charge in [-0.05, 0) is 56.7 Å². The third-order valence-electron chi connectivity index (χ3n) is 4.47. The summed E-state index contributed by atoms with van der Waals surface area (Å²) in [5, 5.41) is 1.26. The molecule has 1 N–H and O–H groups in total. The number of aromatic nitrogens is 1. The van der Waals surface area contributed by atoms with Crippen LogP contribution >= 0.6 is 0 Å². The van der Waals surface area contributed by atoms with Crippen molar-refractivity contribution >= 4 is 22.3 Å². The van der Waals surface area contributed by atoms with Crippen molar-refractivity contribution < 1.29 is 4.55 Å². The molecule has 2 atom stereocenters. The maximum absolute atomic E-state index is 12.5. The molecule has 0 bridgehead atoms. The molecule has 25 heavy (non-hydrogen) atoms. The highest BCUT2D eigenvalue weighted by molar-refractivity contribution is 7.90. The fourth-order valence-corrected chi connectivity index (χ4v) is 3.79. The zero-order chi connectivity index (χ0) is 18.9. The molecule has 0 fully saturated rings. The van der Waals surface area contributed by atoms with E-state index in [0.717, 1.165) is 6.54 Å². The maximum Gasteiger partial charge on any atom is 0.136 e. The number of nitrogens with one attached hydrogen (secondary N) is 1. The van der Waals surface area contributed by atoms with Crippen molar-refractivity contribution in [2.24, 2.45) is 5.92 Å².